The number of rotatable bonds is 4. The highest BCUT2D eigenvalue weighted by Crippen LogP contribution is 2.26. The number of nitro benzene ring substituents is 1. The molecule has 2 rings (SSSR count). The van der Waals surface area contributed by atoms with Gasteiger partial charge in [0.25, 0.3) is 5.69 Å². The molecular weight excluding hydrogens is 264 g/mol. The summed E-state index contributed by atoms with van der Waals surface area (Å²) in [4.78, 5) is 24.2. The van der Waals surface area contributed by atoms with Crippen molar-refractivity contribution >= 4 is 17.3 Å². The number of benzene rings is 1. The molecule has 0 atom stereocenters. The van der Waals surface area contributed by atoms with Crippen molar-refractivity contribution in [1.82, 2.24) is 0 Å². The molecule has 0 unspecified atom stereocenters. The van der Waals surface area contributed by atoms with Crippen LogP contribution in [0.3, 0.4) is 0 Å². The second-order valence-corrected chi connectivity index (χ2v) is 4.28. The van der Waals surface area contributed by atoms with E-state index < -0.39 is 10.9 Å². The molecule has 7 heteroatoms. The average Bonchev–Trinajstić information content (AvgIpc) is 2.47. The molecule has 1 aliphatic rings. The Bertz CT molecular complexity index is 511. The number of hydrogen-bond acceptors (Lipinski definition) is 6. The fourth-order valence-electron chi connectivity index (χ4n) is 2.07. The maximum absolute atomic E-state index is 11.7. The fourth-order valence-corrected chi connectivity index (χ4v) is 2.07. The SMILES string of the molecule is CCOC(=O)c1ccc(N2CCOCC2)cc1[N+](=O)[O-]. The molecule has 0 radical (unpaired) electrons. The van der Waals surface area contributed by atoms with Crippen LogP contribution in [0, 0.1) is 10.1 Å². The Balaban J connectivity index is 2.31. The Morgan fingerprint density at radius 1 is 1.45 bits per heavy atom. The van der Waals surface area contributed by atoms with Crippen LogP contribution < -0.4 is 4.90 Å². The van der Waals surface area contributed by atoms with Crippen LogP contribution in [0.5, 0.6) is 0 Å². The number of ether oxygens (including phenoxy) is 2. The molecule has 0 spiro atoms. The lowest BCUT2D eigenvalue weighted by atomic mass is 10.1. The summed E-state index contributed by atoms with van der Waals surface area (Å²) in [5, 5.41) is 11.1. The molecule has 1 aliphatic heterocycles. The lowest BCUT2D eigenvalue weighted by Crippen LogP contribution is -2.36. The molecule has 0 aliphatic carbocycles. The topological polar surface area (TPSA) is 81.9 Å². The van der Waals surface area contributed by atoms with E-state index in [-0.39, 0.29) is 17.9 Å². The van der Waals surface area contributed by atoms with Crippen molar-refractivity contribution in [2.75, 3.05) is 37.8 Å². The molecule has 7 nitrogen and oxygen atoms in total. The van der Waals surface area contributed by atoms with Crippen molar-refractivity contribution < 1.29 is 19.2 Å². The van der Waals surface area contributed by atoms with Gasteiger partial charge in [0.2, 0.25) is 0 Å². The molecule has 0 N–H and O–H groups in total. The van der Waals surface area contributed by atoms with Gasteiger partial charge in [-0.3, -0.25) is 10.1 Å². The van der Waals surface area contributed by atoms with Gasteiger partial charge in [0, 0.05) is 24.8 Å². The van der Waals surface area contributed by atoms with Crippen molar-refractivity contribution in [3.63, 3.8) is 0 Å². The summed E-state index contributed by atoms with van der Waals surface area (Å²) in [7, 11) is 0. The lowest BCUT2D eigenvalue weighted by Gasteiger charge is -2.28. The van der Waals surface area contributed by atoms with Gasteiger partial charge in [-0.2, -0.15) is 0 Å². The van der Waals surface area contributed by atoms with E-state index in [4.69, 9.17) is 9.47 Å². The van der Waals surface area contributed by atoms with E-state index in [1.165, 1.54) is 12.1 Å². The predicted molar refractivity (Wildman–Crippen MR) is 72.1 cm³/mol. The standard InChI is InChI=1S/C13H16N2O5/c1-2-20-13(16)11-4-3-10(9-12(11)15(17)18)14-5-7-19-8-6-14/h3-4,9H,2,5-8H2,1H3. The molecule has 1 aromatic rings. The molecule has 20 heavy (non-hydrogen) atoms. The molecule has 1 fully saturated rings. The molecule has 1 heterocycles. The Morgan fingerprint density at radius 2 is 2.15 bits per heavy atom. The summed E-state index contributed by atoms with van der Waals surface area (Å²) in [6.07, 6.45) is 0. The van der Waals surface area contributed by atoms with E-state index in [9.17, 15) is 14.9 Å². The van der Waals surface area contributed by atoms with E-state index in [2.05, 4.69) is 0 Å². The Hall–Kier alpha value is -2.15. The number of anilines is 1. The summed E-state index contributed by atoms with van der Waals surface area (Å²) < 4.78 is 10.1. The zero-order valence-electron chi connectivity index (χ0n) is 11.2. The highest BCUT2D eigenvalue weighted by Gasteiger charge is 2.23. The maximum atomic E-state index is 11.7. The van der Waals surface area contributed by atoms with E-state index in [1.54, 1.807) is 13.0 Å². The zero-order valence-corrected chi connectivity index (χ0v) is 11.2. The molecule has 0 aromatic heterocycles. The Morgan fingerprint density at radius 3 is 2.75 bits per heavy atom. The number of hydrogen-bond donors (Lipinski definition) is 0. The van der Waals surface area contributed by atoms with Gasteiger partial charge in [0.05, 0.1) is 24.7 Å². The highest BCUT2D eigenvalue weighted by atomic mass is 16.6. The minimum Gasteiger partial charge on any atom is -0.462 e. The van der Waals surface area contributed by atoms with E-state index in [0.717, 1.165) is 0 Å². The second-order valence-electron chi connectivity index (χ2n) is 4.28. The molecule has 0 saturated carbocycles. The van der Waals surface area contributed by atoms with Gasteiger partial charge in [-0.15, -0.1) is 0 Å². The van der Waals surface area contributed by atoms with Crippen LogP contribution in [0.15, 0.2) is 18.2 Å². The number of carbonyl (C=O) groups is 1. The van der Waals surface area contributed by atoms with Crippen LogP contribution >= 0.6 is 0 Å². The Kier molecular flexibility index (Phi) is 4.52. The zero-order chi connectivity index (χ0) is 14.5. The molecule has 108 valence electrons. The minimum atomic E-state index is -0.673. The third kappa shape index (κ3) is 3.05. The quantitative estimate of drug-likeness (QED) is 0.473. The number of carbonyl (C=O) groups excluding carboxylic acids is 1. The van der Waals surface area contributed by atoms with Crippen LogP contribution in [0.4, 0.5) is 11.4 Å². The van der Waals surface area contributed by atoms with Crippen LogP contribution in [0.25, 0.3) is 0 Å². The molecular formula is C13H16N2O5. The van der Waals surface area contributed by atoms with Gasteiger partial charge in [0.1, 0.15) is 5.56 Å². The van der Waals surface area contributed by atoms with Crippen molar-refractivity contribution in [2.45, 2.75) is 6.92 Å². The van der Waals surface area contributed by atoms with Crippen LogP contribution in [-0.4, -0.2) is 43.8 Å². The van der Waals surface area contributed by atoms with Crippen molar-refractivity contribution in [3.05, 3.63) is 33.9 Å². The summed E-state index contributed by atoms with van der Waals surface area (Å²) in [5.74, 6) is -0.673. The normalized spacial score (nSPS) is 14.9. The highest BCUT2D eigenvalue weighted by molar-refractivity contribution is 5.94. The van der Waals surface area contributed by atoms with Crippen molar-refractivity contribution in [2.24, 2.45) is 0 Å². The van der Waals surface area contributed by atoms with E-state index >= 15 is 0 Å². The second kappa shape index (κ2) is 6.33. The van der Waals surface area contributed by atoms with Gasteiger partial charge in [-0.1, -0.05) is 0 Å². The molecule has 1 saturated heterocycles. The van der Waals surface area contributed by atoms with E-state index in [0.29, 0.717) is 32.0 Å². The summed E-state index contributed by atoms with van der Waals surface area (Å²) in [6, 6.07) is 4.56. The maximum Gasteiger partial charge on any atom is 0.345 e. The summed E-state index contributed by atoms with van der Waals surface area (Å²) >= 11 is 0. The summed E-state index contributed by atoms with van der Waals surface area (Å²) in [6.45, 7) is 4.37. The smallest absolute Gasteiger partial charge is 0.345 e. The minimum absolute atomic E-state index is 0.0196. The first kappa shape index (κ1) is 14.3. The van der Waals surface area contributed by atoms with Gasteiger partial charge in [-0.25, -0.2) is 4.79 Å². The van der Waals surface area contributed by atoms with Crippen molar-refractivity contribution in [3.8, 4) is 0 Å². The van der Waals surface area contributed by atoms with Gasteiger partial charge in [-0.05, 0) is 19.1 Å². The first-order valence-electron chi connectivity index (χ1n) is 6.41. The first-order chi connectivity index (χ1) is 9.63. The lowest BCUT2D eigenvalue weighted by molar-refractivity contribution is -0.385. The molecule has 0 bridgehead atoms. The Labute approximate surface area is 116 Å². The van der Waals surface area contributed by atoms with Crippen LogP contribution in [0.1, 0.15) is 17.3 Å². The van der Waals surface area contributed by atoms with Crippen LogP contribution in [0.2, 0.25) is 0 Å². The number of morpholine rings is 1. The number of nitro groups is 1. The molecule has 0 amide bonds. The number of esters is 1. The molecule has 1 aromatic carbocycles. The van der Waals surface area contributed by atoms with Gasteiger partial charge < -0.3 is 14.4 Å². The predicted octanol–water partition coefficient (Wildman–Crippen LogP) is 1.61. The first-order valence-corrected chi connectivity index (χ1v) is 6.41. The van der Waals surface area contributed by atoms with E-state index in [1.807, 2.05) is 4.90 Å². The van der Waals surface area contributed by atoms with Gasteiger partial charge >= 0.3 is 5.97 Å². The number of nitrogens with zero attached hydrogens (tertiary/aromatic N) is 2. The monoisotopic (exact) mass is 280 g/mol. The van der Waals surface area contributed by atoms with Gasteiger partial charge in [0.15, 0.2) is 0 Å². The fraction of sp³-hybridized carbons (Fsp3) is 0.462. The third-order valence-corrected chi connectivity index (χ3v) is 3.05. The summed E-state index contributed by atoms with van der Waals surface area (Å²) in [5.41, 5.74) is 0.467. The van der Waals surface area contributed by atoms with Crippen molar-refractivity contribution in [1.29, 1.82) is 0 Å². The largest absolute Gasteiger partial charge is 0.462 e. The third-order valence-electron chi connectivity index (χ3n) is 3.05. The van der Waals surface area contributed by atoms with Crippen LogP contribution in [-0.2, 0) is 9.47 Å². The average molecular weight is 280 g/mol.